The van der Waals surface area contributed by atoms with Crippen LogP contribution in [0.25, 0.3) is 22.7 Å². The first kappa shape index (κ1) is 9.69. The fourth-order valence-corrected chi connectivity index (χ4v) is 1.77. The van der Waals surface area contributed by atoms with Crippen molar-refractivity contribution in [2.45, 2.75) is 0 Å². The van der Waals surface area contributed by atoms with Gasteiger partial charge in [0, 0.05) is 0 Å². The van der Waals surface area contributed by atoms with E-state index in [-0.39, 0.29) is 5.15 Å². The Morgan fingerprint density at radius 2 is 1.69 bits per heavy atom. The monoisotopic (exact) mass is 252 g/mol. The number of hydrogen-bond donors (Lipinski definition) is 2. The molecular formula is C10H6Cl2N4. The normalized spacial score (nSPS) is 11.1. The summed E-state index contributed by atoms with van der Waals surface area (Å²) >= 11 is 11.5. The van der Waals surface area contributed by atoms with Crippen LogP contribution in [0.1, 0.15) is 0 Å². The van der Waals surface area contributed by atoms with E-state index in [0.717, 1.165) is 11.0 Å². The van der Waals surface area contributed by atoms with Crippen LogP contribution in [-0.4, -0.2) is 19.9 Å². The number of nitrogens with zero attached hydrogens (tertiary/aromatic N) is 2. The zero-order valence-corrected chi connectivity index (χ0v) is 9.47. The molecule has 1 aromatic carbocycles. The van der Waals surface area contributed by atoms with Crippen molar-refractivity contribution in [1.29, 1.82) is 0 Å². The standard InChI is InChI=1S/C10H6Cl2N4/c11-7-8(12)16-10(15-7)9-13-5-3-1-2-4-6(5)14-9/h1-4H,(H,13,14)(H,15,16). The first-order valence-electron chi connectivity index (χ1n) is 4.60. The lowest BCUT2D eigenvalue weighted by Gasteiger charge is -1.86. The molecule has 0 atom stereocenters. The van der Waals surface area contributed by atoms with Gasteiger partial charge in [-0.3, -0.25) is 0 Å². The lowest BCUT2D eigenvalue weighted by molar-refractivity contribution is 1.21. The molecule has 0 saturated carbocycles. The van der Waals surface area contributed by atoms with E-state index in [9.17, 15) is 0 Å². The van der Waals surface area contributed by atoms with Gasteiger partial charge in [0.25, 0.3) is 0 Å². The molecule has 2 N–H and O–H groups in total. The van der Waals surface area contributed by atoms with Crippen molar-refractivity contribution >= 4 is 34.2 Å². The Morgan fingerprint density at radius 3 is 2.38 bits per heavy atom. The fourth-order valence-electron chi connectivity index (χ4n) is 1.51. The molecule has 0 fully saturated rings. The quantitative estimate of drug-likeness (QED) is 0.699. The second-order valence-electron chi connectivity index (χ2n) is 3.29. The van der Waals surface area contributed by atoms with E-state index in [2.05, 4.69) is 19.9 Å². The third-order valence-electron chi connectivity index (χ3n) is 2.23. The second kappa shape index (κ2) is 3.50. The molecule has 80 valence electrons. The van der Waals surface area contributed by atoms with Crippen molar-refractivity contribution < 1.29 is 0 Å². The van der Waals surface area contributed by atoms with Gasteiger partial charge in [0.1, 0.15) is 5.15 Å². The van der Waals surface area contributed by atoms with Crippen LogP contribution in [-0.2, 0) is 0 Å². The molecule has 0 amide bonds. The molecule has 16 heavy (non-hydrogen) atoms. The summed E-state index contributed by atoms with van der Waals surface area (Å²) in [6.07, 6.45) is 0. The van der Waals surface area contributed by atoms with Crippen LogP contribution in [0.2, 0.25) is 10.3 Å². The topological polar surface area (TPSA) is 57.4 Å². The van der Waals surface area contributed by atoms with Gasteiger partial charge < -0.3 is 9.97 Å². The number of halogens is 2. The van der Waals surface area contributed by atoms with Gasteiger partial charge in [0.15, 0.2) is 16.8 Å². The number of hydrogen-bond acceptors (Lipinski definition) is 2. The lowest BCUT2D eigenvalue weighted by Crippen LogP contribution is -1.81. The minimum atomic E-state index is 0.247. The number of benzene rings is 1. The van der Waals surface area contributed by atoms with E-state index in [0.29, 0.717) is 16.8 Å². The third kappa shape index (κ3) is 1.47. The molecule has 0 bridgehead atoms. The number of nitrogens with one attached hydrogen (secondary N) is 2. The molecular weight excluding hydrogens is 247 g/mol. The molecule has 3 rings (SSSR count). The van der Waals surface area contributed by atoms with Crippen LogP contribution in [0.15, 0.2) is 24.3 Å². The van der Waals surface area contributed by atoms with Crippen molar-refractivity contribution in [3.63, 3.8) is 0 Å². The van der Waals surface area contributed by atoms with Gasteiger partial charge in [-0.15, -0.1) is 0 Å². The average molecular weight is 253 g/mol. The molecule has 2 aromatic heterocycles. The number of fused-ring (bicyclic) bond motifs is 1. The number of H-pyrrole nitrogens is 2. The zero-order valence-electron chi connectivity index (χ0n) is 7.96. The average Bonchev–Trinajstić information content (AvgIpc) is 2.83. The minimum Gasteiger partial charge on any atom is -0.335 e. The Labute approximate surface area is 101 Å². The smallest absolute Gasteiger partial charge is 0.176 e. The van der Waals surface area contributed by atoms with E-state index in [1.807, 2.05) is 24.3 Å². The second-order valence-corrected chi connectivity index (χ2v) is 4.03. The van der Waals surface area contributed by atoms with Crippen LogP contribution in [0.5, 0.6) is 0 Å². The highest BCUT2D eigenvalue weighted by Crippen LogP contribution is 2.24. The summed E-state index contributed by atoms with van der Waals surface area (Å²) in [5.74, 6) is 1.15. The van der Waals surface area contributed by atoms with Gasteiger partial charge in [-0.2, -0.15) is 0 Å². The highest BCUT2D eigenvalue weighted by molar-refractivity contribution is 6.40. The van der Waals surface area contributed by atoms with Gasteiger partial charge in [-0.25, -0.2) is 9.97 Å². The minimum absolute atomic E-state index is 0.247. The van der Waals surface area contributed by atoms with Crippen LogP contribution >= 0.6 is 23.2 Å². The van der Waals surface area contributed by atoms with E-state index in [1.165, 1.54) is 0 Å². The SMILES string of the molecule is Clc1nc(-c2nc3ccccc3[nH]2)[nH]c1Cl. The Bertz CT molecular complexity index is 603. The number of aromatic nitrogens is 4. The highest BCUT2D eigenvalue weighted by atomic mass is 35.5. The van der Waals surface area contributed by atoms with E-state index < -0.39 is 0 Å². The summed E-state index contributed by atoms with van der Waals surface area (Å²) < 4.78 is 0. The molecule has 3 aromatic rings. The number of para-hydroxylation sites is 2. The van der Waals surface area contributed by atoms with Gasteiger partial charge in [-0.1, -0.05) is 35.3 Å². The van der Waals surface area contributed by atoms with E-state index >= 15 is 0 Å². The van der Waals surface area contributed by atoms with Gasteiger partial charge in [0.05, 0.1) is 11.0 Å². The molecule has 0 aliphatic rings. The number of rotatable bonds is 1. The first-order chi connectivity index (χ1) is 7.74. The maximum absolute atomic E-state index is 5.79. The third-order valence-corrected chi connectivity index (χ3v) is 2.88. The summed E-state index contributed by atoms with van der Waals surface area (Å²) in [6, 6.07) is 7.72. The van der Waals surface area contributed by atoms with Crippen LogP contribution in [0.4, 0.5) is 0 Å². The molecule has 0 unspecified atom stereocenters. The molecule has 0 saturated heterocycles. The predicted molar refractivity (Wildman–Crippen MR) is 63.7 cm³/mol. The molecule has 2 heterocycles. The molecule has 0 spiro atoms. The summed E-state index contributed by atoms with van der Waals surface area (Å²) in [7, 11) is 0. The van der Waals surface area contributed by atoms with E-state index in [4.69, 9.17) is 23.2 Å². The van der Waals surface area contributed by atoms with Gasteiger partial charge >= 0.3 is 0 Å². The zero-order chi connectivity index (χ0) is 11.1. The fraction of sp³-hybridized carbons (Fsp3) is 0. The van der Waals surface area contributed by atoms with Crippen molar-refractivity contribution in [3.05, 3.63) is 34.6 Å². The highest BCUT2D eigenvalue weighted by Gasteiger charge is 2.11. The van der Waals surface area contributed by atoms with Crippen LogP contribution in [0, 0.1) is 0 Å². The Morgan fingerprint density at radius 1 is 0.938 bits per heavy atom. The molecule has 0 radical (unpaired) electrons. The summed E-state index contributed by atoms with van der Waals surface area (Å²) in [5, 5.41) is 0.564. The molecule has 0 aliphatic heterocycles. The van der Waals surface area contributed by atoms with Gasteiger partial charge in [0.2, 0.25) is 0 Å². The number of aromatic amines is 2. The number of imidazole rings is 2. The van der Waals surface area contributed by atoms with Crippen LogP contribution < -0.4 is 0 Å². The van der Waals surface area contributed by atoms with Crippen molar-refractivity contribution in [1.82, 2.24) is 19.9 Å². The Hall–Kier alpha value is -1.52. The van der Waals surface area contributed by atoms with E-state index in [1.54, 1.807) is 0 Å². The van der Waals surface area contributed by atoms with Crippen molar-refractivity contribution in [3.8, 4) is 11.6 Å². The maximum atomic E-state index is 5.79. The maximum Gasteiger partial charge on any atom is 0.176 e. The molecule has 6 heteroatoms. The lowest BCUT2D eigenvalue weighted by atomic mass is 10.3. The predicted octanol–water partition coefficient (Wildman–Crippen LogP) is 3.26. The van der Waals surface area contributed by atoms with Crippen LogP contribution in [0.3, 0.4) is 0 Å². The molecule has 4 nitrogen and oxygen atoms in total. The first-order valence-corrected chi connectivity index (χ1v) is 5.36. The molecule has 0 aliphatic carbocycles. The Kier molecular flexibility index (Phi) is 2.12. The summed E-state index contributed by atoms with van der Waals surface area (Å²) in [5.41, 5.74) is 1.82. The van der Waals surface area contributed by atoms with Crippen molar-refractivity contribution in [2.24, 2.45) is 0 Å². The summed E-state index contributed by atoms with van der Waals surface area (Å²) in [6.45, 7) is 0. The Balaban J connectivity index is 2.18. The van der Waals surface area contributed by atoms with Gasteiger partial charge in [-0.05, 0) is 12.1 Å². The summed E-state index contributed by atoms with van der Waals surface area (Å²) in [4.78, 5) is 14.4. The largest absolute Gasteiger partial charge is 0.335 e. The van der Waals surface area contributed by atoms with Crippen molar-refractivity contribution in [2.75, 3.05) is 0 Å².